The smallest absolute Gasteiger partial charge is 0.162 e. The lowest BCUT2D eigenvalue weighted by Crippen LogP contribution is -2.38. The Kier molecular flexibility index (Phi) is 3.64. The van der Waals surface area contributed by atoms with Gasteiger partial charge in [0.05, 0.1) is 12.2 Å². The topological polar surface area (TPSA) is 17.4 Å². The van der Waals surface area contributed by atoms with Gasteiger partial charge in [0.15, 0.2) is 5.60 Å². The van der Waals surface area contributed by atoms with E-state index in [-0.39, 0.29) is 5.60 Å². The Labute approximate surface area is 154 Å². The summed E-state index contributed by atoms with van der Waals surface area (Å²) in [5.41, 5.74) is 3.67. The Hall–Kier alpha value is -2.52. The maximum atomic E-state index is 6.74. The molecular weight excluding hydrogens is 320 g/mol. The maximum Gasteiger partial charge on any atom is 0.162 e. The molecule has 3 heteroatoms. The van der Waals surface area contributed by atoms with Crippen molar-refractivity contribution in [1.29, 1.82) is 0 Å². The van der Waals surface area contributed by atoms with Crippen molar-refractivity contribution in [3.63, 3.8) is 0 Å². The van der Waals surface area contributed by atoms with Gasteiger partial charge >= 0.3 is 0 Å². The van der Waals surface area contributed by atoms with E-state index < -0.39 is 0 Å². The third kappa shape index (κ3) is 2.46. The molecule has 5 rings (SSSR count). The van der Waals surface area contributed by atoms with Crippen molar-refractivity contribution in [2.75, 3.05) is 13.1 Å². The van der Waals surface area contributed by atoms with Crippen molar-refractivity contribution in [2.24, 2.45) is 0 Å². The normalized spacial score (nSPS) is 23.1. The number of hydrogen-bond donors (Lipinski definition) is 0. The summed E-state index contributed by atoms with van der Waals surface area (Å²) in [4.78, 5) is 2.56. The van der Waals surface area contributed by atoms with Crippen LogP contribution in [0, 0.1) is 0 Å². The van der Waals surface area contributed by atoms with E-state index in [0.29, 0.717) is 6.04 Å². The van der Waals surface area contributed by atoms with Gasteiger partial charge in [-0.15, -0.1) is 0 Å². The fraction of sp³-hybridized carbons (Fsp3) is 0.304. The fourth-order valence-electron chi connectivity index (χ4n) is 4.52. The molecule has 0 aliphatic carbocycles. The second-order valence-electron chi connectivity index (χ2n) is 7.53. The number of fused-ring (bicyclic) bond motifs is 3. The Morgan fingerprint density at radius 3 is 2.65 bits per heavy atom. The molecule has 0 saturated carbocycles. The first-order valence-electron chi connectivity index (χ1n) is 9.47. The number of benzene rings is 2. The lowest BCUT2D eigenvalue weighted by atomic mass is 9.98. The molecular formula is C23H24N2O. The first kappa shape index (κ1) is 15.7. The number of para-hydroxylation sites is 1. The second kappa shape index (κ2) is 6.03. The van der Waals surface area contributed by atoms with Crippen molar-refractivity contribution in [1.82, 2.24) is 9.47 Å². The molecule has 2 atom stereocenters. The highest BCUT2D eigenvalue weighted by molar-refractivity contribution is 5.38. The summed E-state index contributed by atoms with van der Waals surface area (Å²) in [6.07, 6.45) is 3.20. The standard InChI is InChI=1S/C23H24N2O/c1-18(19-8-3-2-4-9-19)25-15-13-23(17-25)22-12-7-14-24(22)16-20-10-5-6-11-21(20)26-23/h2-12,14,18H,13,15-17H2,1H3. The highest BCUT2D eigenvalue weighted by Gasteiger charge is 2.46. The molecule has 0 N–H and O–H groups in total. The third-order valence-corrected chi connectivity index (χ3v) is 6.01. The number of hydrogen-bond acceptors (Lipinski definition) is 2. The van der Waals surface area contributed by atoms with E-state index in [1.165, 1.54) is 16.8 Å². The van der Waals surface area contributed by atoms with Gasteiger partial charge in [-0.25, -0.2) is 0 Å². The predicted molar refractivity (Wildman–Crippen MR) is 103 cm³/mol. The van der Waals surface area contributed by atoms with Crippen molar-refractivity contribution < 1.29 is 4.74 Å². The zero-order valence-electron chi connectivity index (χ0n) is 15.1. The summed E-state index contributed by atoms with van der Waals surface area (Å²) in [6.45, 7) is 5.15. The van der Waals surface area contributed by atoms with Crippen LogP contribution in [0.1, 0.15) is 36.2 Å². The van der Waals surface area contributed by atoms with E-state index in [4.69, 9.17) is 4.74 Å². The second-order valence-corrected chi connectivity index (χ2v) is 7.53. The van der Waals surface area contributed by atoms with Gasteiger partial charge in [-0.05, 0) is 30.7 Å². The molecule has 2 unspecified atom stereocenters. The molecule has 0 radical (unpaired) electrons. The van der Waals surface area contributed by atoms with E-state index in [2.05, 4.69) is 89.3 Å². The van der Waals surface area contributed by atoms with Crippen LogP contribution in [-0.4, -0.2) is 22.6 Å². The Morgan fingerprint density at radius 1 is 0.962 bits per heavy atom. The Bertz CT molecular complexity index is 917. The quantitative estimate of drug-likeness (QED) is 0.676. The zero-order chi connectivity index (χ0) is 17.6. The summed E-state index contributed by atoms with van der Waals surface area (Å²) in [5.74, 6) is 1.03. The lowest BCUT2D eigenvalue weighted by molar-refractivity contribution is 0.0647. The maximum absolute atomic E-state index is 6.74. The third-order valence-electron chi connectivity index (χ3n) is 6.01. The molecule has 1 aromatic heterocycles. The van der Waals surface area contributed by atoms with Gasteiger partial charge < -0.3 is 9.30 Å². The molecule has 2 aromatic carbocycles. The van der Waals surface area contributed by atoms with Crippen LogP contribution in [0.4, 0.5) is 0 Å². The molecule has 1 saturated heterocycles. The molecule has 0 amide bonds. The largest absolute Gasteiger partial charge is 0.479 e. The van der Waals surface area contributed by atoms with Crippen LogP contribution in [0.15, 0.2) is 72.9 Å². The molecule has 3 nitrogen and oxygen atoms in total. The van der Waals surface area contributed by atoms with Crippen LogP contribution < -0.4 is 4.74 Å². The first-order chi connectivity index (χ1) is 12.8. The minimum Gasteiger partial charge on any atom is -0.479 e. The minimum absolute atomic E-state index is 0.265. The van der Waals surface area contributed by atoms with Crippen LogP contribution in [0.25, 0.3) is 0 Å². The molecule has 3 aromatic rings. The summed E-state index contributed by atoms with van der Waals surface area (Å²) in [6, 6.07) is 24.0. The molecule has 2 aliphatic heterocycles. The van der Waals surface area contributed by atoms with Crippen LogP contribution in [-0.2, 0) is 12.1 Å². The fourth-order valence-corrected chi connectivity index (χ4v) is 4.52. The number of likely N-dealkylation sites (tertiary alicyclic amines) is 1. The number of rotatable bonds is 2. The van der Waals surface area contributed by atoms with Crippen LogP contribution in [0.3, 0.4) is 0 Å². The van der Waals surface area contributed by atoms with Gasteiger partial charge in [-0.1, -0.05) is 48.5 Å². The molecule has 26 heavy (non-hydrogen) atoms. The van der Waals surface area contributed by atoms with Gasteiger partial charge in [-0.3, -0.25) is 4.90 Å². The van der Waals surface area contributed by atoms with Crippen molar-refractivity contribution in [2.45, 2.75) is 31.5 Å². The van der Waals surface area contributed by atoms with Gasteiger partial charge in [-0.2, -0.15) is 0 Å². The summed E-state index contributed by atoms with van der Waals surface area (Å²) >= 11 is 0. The lowest BCUT2D eigenvalue weighted by Gasteiger charge is -2.32. The van der Waals surface area contributed by atoms with Crippen LogP contribution in [0.5, 0.6) is 5.75 Å². The van der Waals surface area contributed by atoms with Crippen LogP contribution in [0.2, 0.25) is 0 Å². The van der Waals surface area contributed by atoms with Crippen molar-refractivity contribution >= 4 is 0 Å². The number of aromatic nitrogens is 1. The average molecular weight is 344 g/mol. The van der Waals surface area contributed by atoms with E-state index in [0.717, 1.165) is 31.8 Å². The summed E-state index contributed by atoms with van der Waals surface area (Å²) in [5, 5.41) is 0. The van der Waals surface area contributed by atoms with E-state index >= 15 is 0 Å². The first-order valence-corrected chi connectivity index (χ1v) is 9.47. The number of ether oxygens (including phenoxy) is 1. The highest BCUT2D eigenvalue weighted by atomic mass is 16.5. The Balaban J connectivity index is 1.51. The Morgan fingerprint density at radius 2 is 1.77 bits per heavy atom. The minimum atomic E-state index is -0.265. The SMILES string of the molecule is CC(c1ccccc1)N1CCC2(C1)Oc1ccccc1Cn1cccc12. The average Bonchev–Trinajstić information content (AvgIpc) is 3.29. The summed E-state index contributed by atoms with van der Waals surface area (Å²) in [7, 11) is 0. The summed E-state index contributed by atoms with van der Waals surface area (Å²) < 4.78 is 9.11. The molecule has 3 heterocycles. The van der Waals surface area contributed by atoms with Crippen LogP contribution >= 0.6 is 0 Å². The van der Waals surface area contributed by atoms with E-state index in [1.54, 1.807) is 0 Å². The molecule has 1 spiro atoms. The van der Waals surface area contributed by atoms with Gasteiger partial charge in [0, 0.05) is 37.3 Å². The van der Waals surface area contributed by atoms with Crippen molar-refractivity contribution in [3.05, 3.63) is 89.7 Å². The number of nitrogens with zero attached hydrogens (tertiary/aromatic N) is 2. The molecule has 1 fully saturated rings. The van der Waals surface area contributed by atoms with Crippen molar-refractivity contribution in [3.8, 4) is 5.75 Å². The van der Waals surface area contributed by atoms with E-state index in [1.807, 2.05) is 0 Å². The molecule has 0 bridgehead atoms. The van der Waals surface area contributed by atoms with Gasteiger partial charge in [0.25, 0.3) is 0 Å². The highest BCUT2D eigenvalue weighted by Crippen LogP contribution is 2.43. The van der Waals surface area contributed by atoms with E-state index in [9.17, 15) is 0 Å². The predicted octanol–water partition coefficient (Wildman–Crippen LogP) is 4.59. The molecule has 2 aliphatic rings. The van der Waals surface area contributed by atoms with Gasteiger partial charge in [0.1, 0.15) is 5.75 Å². The zero-order valence-corrected chi connectivity index (χ0v) is 15.1. The molecule has 132 valence electrons. The monoisotopic (exact) mass is 344 g/mol. The van der Waals surface area contributed by atoms with Gasteiger partial charge in [0.2, 0.25) is 0 Å².